The molecule has 72 valence electrons. The van der Waals surface area contributed by atoms with Gasteiger partial charge in [-0.2, -0.15) is 0 Å². The van der Waals surface area contributed by atoms with Crippen molar-refractivity contribution in [3.8, 4) is 0 Å². The summed E-state index contributed by atoms with van der Waals surface area (Å²) in [6.45, 7) is 9.54. The predicted molar refractivity (Wildman–Crippen MR) is 55.1 cm³/mol. The fourth-order valence-corrected chi connectivity index (χ4v) is 2.18. The lowest BCUT2D eigenvalue weighted by Gasteiger charge is -2.18. The van der Waals surface area contributed by atoms with Crippen molar-refractivity contribution in [3.63, 3.8) is 0 Å². The van der Waals surface area contributed by atoms with Crippen LogP contribution in [0.5, 0.6) is 0 Å². The second kappa shape index (κ2) is 4.30. The van der Waals surface area contributed by atoms with Crippen LogP contribution in [-0.2, 0) is 0 Å². The third-order valence-electron chi connectivity index (χ3n) is 3.67. The minimum absolute atomic E-state index is 0.947. The van der Waals surface area contributed by atoms with Gasteiger partial charge in [0.25, 0.3) is 0 Å². The smallest absolute Gasteiger partial charge is 0.0383 e. The zero-order valence-electron chi connectivity index (χ0n) is 9.14. The van der Waals surface area contributed by atoms with E-state index < -0.39 is 0 Å². The highest BCUT2D eigenvalue weighted by atomic mass is 14.4. The molecule has 0 radical (unpaired) electrons. The average molecular weight is 168 g/mol. The molecule has 1 aliphatic carbocycles. The fraction of sp³-hybridized carbons (Fsp3) is 1.00. The molecule has 0 aliphatic heterocycles. The normalized spacial score (nSPS) is 33.0. The second-order valence-electron chi connectivity index (χ2n) is 4.95. The average Bonchev–Trinajstić information content (AvgIpc) is 2.67. The minimum Gasteiger partial charge on any atom is -0.0654 e. The van der Waals surface area contributed by atoms with Gasteiger partial charge in [-0.25, -0.2) is 0 Å². The summed E-state index contributed by atoms with van der Waals surface area (Å²) in [5, 5.41) is 0. The van der Waals surface area contributed by atoms with Gasteiger partial charge >= 0.3 is 0 Å². The van der Waals surface area contributed by atoms with Gasteiger partial charge in [0, 0.05) is 0 Å². The van der Waals surface area contributed by atoms with Crippen molar-refractivity contribution in [2.24, 2.45) is 23.7 Å². The van der Waals surface area contributed by atoms with Gasteiger partial charge in [0.05, 0.1) is 0 Å². The summed E-state index contributed by atoms with van der Waals surface area (Å²) in [6.07, 6.45) is 5.76. The molecule has 1 aliphatic rings. The van der Waals surface area contributed by atoms with Crippen LogP contribution in [0.25, 0.3) is 0 Å². The van der Waals surface area contributed by atoms with Crippen molar-refractivity contribution in [1.82, 2.24) is 0 Å². The molecule has 0 aromatic rings. The topological polar surface area (TPSA) is 0 Å². The molecule has 0 bridgehead atoms. The van der Waals surface area contributed by atoms with Crippen LogP contribution in [0.2, 0.25) is 0 Å². The molecule has 0 spiro atoms. The zero-order chi connectivity index (χ0) is 9.14. The molecule has 1 rings (SSSR count). The van der Waals surface area contributed by atoms with Crippen LogP contribution in [0.15, 0.2) is 0 Å². The van der Waals surface area contributed by atoms with E-state index in [1.807, 2.05) is 0 Å². The van der Waals surface area contributed by atoms with E-state index in [4.69, 9.17) is 0 Å². The van der Waals surface area contributed by atoms with Crippen molar-refractivity contribution in [2.45, 2.75) is 53.4 Å². The largest absolute Gasteiger partial charge is 0.0654 e. The highest BCUT2D eigenvalue weighted by molar-refractivity contribution is 4.84. The van der Waals surface area contributed by atoms with E-state index in [0.717, 1.165) is 23.7 Å². The molecule has 0 saturated heterocycles. The number of hydrogen-bond acceptors (Lipinski definition) is 0. The summed E-state index contributed by atoms with van der Waals surface area (Å²) in [5.74, 6) is 4.03. The maximum Gasteiger partial charge on any atom is -0.0383 e. The second-order valence-corrected chi connectivity index (χ2v) is 4.95. The Balaban J connectivity index is 2.13. The highest BCUT2D eigenvalue weighted by Gasteiger charge is 2.34. The van der Waals surface area contributed by atoms with Gasteiger partial charge in [-0.05, 0) is 36.5 Å². The molecule has 4 unspecified atom stereocenters. The van der Waals surface area contributed by atoms with Crippen molar-refractivity contribution in [1.29, 1.82) is 0 Å². The summed E-state index contributed by atoms with van der Waals surface area (Å²) >= 11 is 0. The molecular weight excluding hydrogens is 144 g/mol. The Morgan fingerprint density at radius 2 is 1.83 bits per heavy atom. The summed E-state index contributed by atoms with van der Waals surface area (Å²) in [4.78, 5) is 0. The van der Waals surface area contributed by atoms with Crippen LogP contribution in [-0.4, -0.2) is 0 Å². The molecule has 0 aromatic heterocycles. The van der Waals surface area contributed by atoms with Crippen molar-refractivity contribution in [3.05, 3.63) is 0 Å². The Bertz CT molecular complexity index is 128. The first-order valence-corrected chi connectivity index (χ1v) is 5.65. The Kier molecular flexibility index (Phi) is 3.61. The van der Waals surface area contributed by atoms with Gasteiger partial charge in [-0.3, -0.25) is 0 Å². The molecular formula is C12H24. The Morgan fingerprint density at radius 1 is 1.25 bits per heavy atom. The monoisotopic (exact) mass is 168 g/mol. The fourth-order valence-electron chi connectivity index (χ4n) is 2.18. The van der Waals surface area contributed by atoms with Gasteiger partial charge < -0.3 is 0 Å². The Hall–Kier alpha value is 0. The summed E-state index contributed by atoms with van der Waals surface area (Å²) in [5.41, 5.74) is 0. The third-order valence-corrected chi connectivity index (χ3v) is 3.67. The van der Waals surface area contributed by atoms with Crippen LogP contribution < -0.4 is 0 Å². The third kappa shape index (κ3) is 2.80. The Labute approximate surface area is 77.7 Å². The molecule has 4 atom stereocenters. The molecule has 1 fully saturated rings. The zero-order valence-corrected chi connectivity index (χ0v) is 9.14. The van der Waals surface area contributed by atoms with Crippen LogP contribution in [0.3, 0.4) is 0 Å². The van der Waals surface area contributed by atoms with E-state index >= 15 is 0 Å². The van der Waals surface area contributed by atoms with Crippen molar-refractivity contribution >= 4 is 0 Å². The molecule has 0 amide bonds. The molecule has 0 nitrogen and oxygen atoms in total. The lowest BCUT2D eigenvalue weighted by molar-refractivity contribution is 0.323. The van der Waals surface area contributed by atoms with E-state index in [-0.39, 0.29) is 0 Å². The first-order valence-electron chi connectivity index (χ1n) is 5.65. The van der Waals surface area contributed by atoms with E-state index in [9.17, 15) is 0 Å². The predicted octanol–water partition coefficient (Wildman–Crippen LogP) is 4.10. The first kappa shape index (κ1) is 10.1. The lowest BCUT2D eigenvalue weighted by Crippen LogP contribution is -2.08. The maximum atomic E-state index is 2.44. The van der Waals surface area contributed by atoms with Crippen LogP contribution >= 0.6 is 0 Å². The molecule has 0 heterocycles. The van der Waals surface area contributed by atoms with Crippen molar-refractivity contribution in [2.75, 3.05) is 0 Å². The van der Waals surface area contributed by atoms with Gasteiger partial charge in [0.2, 0.25) is 0 Å². The standard InChI is InChI=1S/C12H24/c1-5-6-9(2)10(3)7-12-8-11(12)4/h9-12H,5-8H2,1-4H3. The van der Waals surface area contributed by atoms with E-state index in [2.05, 4.69) is 27.7 Å². The number of rotatable bonds is 5. The minimum atomic E-state index is 0.947. The van der Waals surface area contributed by atoms with E-state index in [0.29, 0.717) is 0 Å². The van der Waals surface area contributed by atoms with E-state index in [1.54, 1.807) is 0 Å². The summed E-state index contributed by atoms with van der Waals surface area (Å²) in [6, 6.07) is 0. The van der Waals surface area contributed by atoms with Crippen LogP contribution in [0.1, 0.15) is 53.4 Å². The van der Waals surface area contributed by atoms with Crippen molar-refractivity contribution < 1.29 is 0 Å². The SMILES string of the molecule is CCCC(C)C(C)CC1CC1C. The first-order chi connectivity index (χ1) is 5.65. The van der Waals surface area contributed by atoms with Gasteiger partial charge in [0.15, 0.2) is 0 Å². The van der Waals surface area contributed by atoms with E-state index in [1.165, 1.54) is 25.7 Å². The van der Waals surface area contributed by atoms with Gasteiger partial charge in [0.1, 0.15) is 0 Å². The number of hydrogen-bond donors (Lipinski definition) is 0. The summed E-state index contributed by atoms with van der Waals surface area (Å²) in [7, 11) is 0. The molecule has 0 aromatic carbocycles. The molecule has 0 heteroatoms. The maximum absolute atomic E-state index is 2.44. The van der Waals surface area contributed by atoms with Crippen LogP contribution in [0, 0.1) is 23.7 Å². The lowest BCUT2D eigenvalue weighted by atomic mass is 9.87. The van der Waals surface area contributed by atoms with Crippen LogP contribution in [0.4, 0.5) is 0 Å². The van der Waals surface area contributed by atoms with Gasteiger partial charge in [-0.15, -0.1) is 0 Å². The molecule has 1 saturated carbocycles. The molecule has 12 heavy (non-hydrogen) atoms. The highest BCUT2D eigenvalue weighted by Crippen LogP contribution is 2.43. The quantitative estimate of drug-likeness (QED) is 0.579. The van der Waals surface area contributed by atoms with Gasteiger partial charge in [-0.1, -0.05) is 40.5 Å². The molecule has 0 N–H and O–H groups in total. The Morgan fingerprint density at radius 3 is 2.25 bits per heavy atom. The summed E-state index contributed by atoms with van der Waals surface area (Å²) < 4.78 is 0.